The van der Waals surface area contributed by atoms with E-state index in [1.165, 1.54) is 0 Å². The number of aryl methyl sites for hydroxylation is 1. The van der Waals surface area contributed by atoms with Crippen LogP contribution in [0.25, 0.3) is 0 Å². The average molecular weight is 370 g/mol. The summed E-state index contributed by atoms with van der Waals surface area (Å²) >= 11 is 6.80. The third kappa shape index (κ3) is 3.00. The van der Waals surface area contributed by atoms with E-state index in [9.17, 15) is 4.79 Å². The first-order valence-corrected chi connectivity index (χ1v) is 6.87. The van der Waals surface area contributed by atoms with Crippen molar-refractivity contribution in [3.05, 3.63) is 56.5 Å². The first kappa shape index (κ1) is 13.3. The second-order valence-corrected chi connectivity index (χ2v) is 5.59. The van der Waals surface area contributed by atoms with Crippen LogP contribution in [0.5, 0.6) is 11.5 Å². The molecule has 2 aromatic carbocycles. The molecule has 4 heteroatoms. The molecular formula is C14H10Br2O2. The van der Waals surface area contributed by atoms with Gasteiger partial charge in [0, 0.05) is 10.0 Å². The van der Waals surface area contributed by atoms with Crippen LogP contribution < -0.4 is 4.74 Å². The van der Waals surface area contributed by atoms with Gasteiger partial charge in [-0.15, -0.1) is 0 Å². The molecule has 18 heavy (non-hydrogen) atoms. The van der Waals surface area contributed by atoms with Gasteiger partial charge < -0.3 is 4.74 Å². The number of carbonyl (C=O) groups is 1. The molecule has 92 valence electrons. The predicted octanol–water partition coefficient (Wildman–Crippen LogP) is 5.12. The molecule has 0 bridgehead atoms. The summed E-state index contributed by atoms with van der Waals surface area (Å²) in [5, 5.41) is 0. The number of carbonyl (C=O) groups excluding carboxylic acids is 1. The number of rotatable bonds is 3. The minimum atomic E-state index is 0.613. The highest BCUT2D eigenvalue weighted by molar-refractivity contribution is 9.10. The number of hydrogen-bond acceptors (Lipinski definition) is 2. The molecule has 2 aromatic rings. The molecule has 0 spiro atoms. The van der Waals surface area contributed by atoms with E-state index in [1.54, 1.807) is 18.2 Å². The van der Waals surface area contributed by atoms with E-state index < -0.39 is 0 Å². The first-order valence-electron chi connectivity index (χ1n) is 5.29. The maximum Gasteiger partial charge on any atom is 0.150 e. The zero-order chi connectivity index (χ0) is 13.1. The van der Waals surface area contributed by atoms with Gasteiger partial charge in [-0.2, -0.15) is 0 Å². The van der Waals surface area contributed by atoms with Crippen molar-refractivity contribution in [1.82, 2.24) is 0 Å². The quantitative estimate of drug-likeness (QED) is 0.701. The molecule has 0 unspecified atom stereocenters. The Labute approximate surface area is 122 Å². The van der Waals surface area contributed by atoms with E-state index in [1.807, 2.05) is 25.1 Å². The van der Waals surface area contributed by atoms with Crippen LogP contribution in [-0.4, -0.2) is 6.29 Å². The summed E-state index contributed by atoms with van der Waals surface area (Å²) in [5.74, 6) is 1.48. The molecule has 0 aliphatic carbocycles. The van der Waals surface area contributed by atoms with Crippen LogP contribution in [0.2, 0.25) is 0 Å². The Bertz CT molecular complexity index is 594. The van der Waals surface area contributed by atoms with Gasteiger partial charge in [-0.1, -0.05) is 15.9 Å². The molecule has 2 rings (SSSR count). The van der Waals surface area contributed by atoms with E-state index in [0.717, 1.165) is 26.5 Å². The molecule has 0 radical (unpaired) electrons. The summed E-state index contributed by atoms with van der Waals surface area (Å²) in [6.07, 6.45) is 0.805. The maximum atomic E-state index is 10.7. The first-order chi connectivity index (χ1) is 8.60. The van der Waals surface area contributed by atoms with Crippen molar-refractivity contribution in [3.63, 3.8) is 0 Å². The highest BCUT2D eigenvalue weighted by Gasteiger charge is 2.06. The van der Waals surface area contributed by atoms with Crippen molar-refractivity contribution in [2.75, 3.05) is 0 Å². The summed E-state index contributed by atoms with van der Waals surface area (Å²) in [6, 6.07) is 11.0. The SMILES string of the molecule is Cc1cc(Br)ccc1Oc1ccc(C=O)cc1Br. The maximum absolute atomic E-state index is 10.7. The number of hydrogen-bond donors (Lipinski definition) is 0. The van der Waals surface area contributed by atoms with Gasteiger partial charge in [0.05, 0.1) is 4.47 Å². The molecule has 0 saturated heterocycles. The summed E-state index contributed by atoms with van der Waals surface area (Å²) in [4.78, 5) is 10.7. The molecule has 0 amide bonds. The zero-order valence-corrected chi connectivity index (χ0v) is 12.8. The highest BCUT2D eigenvalue weighted by atomic mass is 79.9. The van der Waals surface area contributed by atoms with Gasteiger partial charge in [0.1, 0.15) is 17.8 Å². The van der Waals surface area contributed by atoms with Gasteiger partial charge >= 0.3 is 0 Å². The molecule has 0 aromatic heterocycles. The molecule has 2 nitrogen and oxygen atoms in total. The van der Waals surface area contributed by atoms with Crippen LogP contribution in [0.4, 0.5) is 0 Å². The van der Waals surface area contributed by atoms with Crippen molar-refractivity contribution in [1.29, 1.82) is 0 Å². The van der Waals surface area contributed by atoms with Crippen molar-refractivity contribution in [2.24, 2.45) is 0 Å². The van der Waals surface area contributed by atoms with Crippen LogP contribution >= 0.6 is 31.9 Å². The Balaban J connectivity index is 2.31. The molecule has 0 heterocycles. The lowest BCUT2D eigenvalue weighted by molar-refractivity contribution is 0.112. The summed E-state index contributed by atoms with van der Waals surface area (Å²) < 4.78 is 7.59. The zero-order valence-electron chi connectivity index (χ0n) is 9.61. The molecule has 0 fully saturated rings. The van der Waals surface area contributed by atoms with Crippen LogP contribution in [0.3, 0.4) is 0 Å². The topological polar surface area (TPSA) is 26.3 Å². The van der Waals surface area contributed by atoms with Gasteiger partial charge in [-0.05, 0) is 64.8 Å². The van der Waals surface area contributed by atoms with E-state index in [4.69, 9.17) is 4.74 Å². The minimum absolute atomic E-state index is 0.613. The molecule has 0 atom stereocenters. The van der Waals surface area contributed by atoms with Gasteiger partial charge in [0.2, 0.25) is 0 Å². The number of benzene rings is 2. The molecular weight excluding hydrogens is 360 g/mol. The standard InChI is InChI=1S/C14H10Br2O2/c1-9-6-11(15)3-5-13(9)18-14-4-2-10(8-17)7-12(14)16/h2-8H,1H3. The fourth-order valence-electron chi connectivity index (χ4n) is 1.52. The van der Waals surface area contributed by atoms with Crippen LogP contribution in [-0.2, 0) is 0 Å². The van der Waals surface area contributed by atoms with Crippen LogP contribution in [0.15, 0.2) is 45.3 Å². The van der Waals surface area contributed by atoms with Crippen LogP contribution in [0, 0.1) is 6.92 Å². The largest absolute Gasteiger partial charge is 0.456 e. The van der Waals surface area contributed by atoms with Gasteiger partial charge in [-0.25, -0.2) is 0 Å². The van der Waals surface area contributed by atoms with Gasteiger partial charge in [0.25, 0.3) is 0 Å². The van der Waals surface area contributed by atoms with E-state index in [2.05, 4.69) is 31.9 Å². The number of aldehydes is 1. The Morgan fingerprint density at radius 2 is 1.78 bits per heavy atom. The van der Waals surface area contributed by atoms with Gasteiger partial charge in [-0.3, -0.25) is 4.79 Å². The highest BCUT2D eigenvalue weighted by Crippen LogP contribution is 2.32. The normalized spacial score (nSPS) is 10.2. The molecule has 0 aliphatic rings. The molecule has 0 saturated carbocycles. The third-order valence-corrected chi connectivity index (χ3v) is 3.56. The van der Waals surface area contributed by atoms with E-state index in [-0.39, 0.29) is 0 Å². The van der Waals surface area contributed by atoms with Crippen molar-refractivity contribution < 1.29 is 9.53 Å². The van der Waals surface area contributed by atoms with Crippen LogP contribution in [0.1, 0.15) is 15.9 Å². The van der Waals surface area contributed by atoms with E-state index in [0.29, 0.717) is 11.3 Å². The lowest BCUT2D eigenvalue weighted by Gasteiger charge is -2.10. The molecule has 0 N–H and O–H groups in total. The average Bonchev–Trinajstić information content (AvgIpc) is 2.34. The Morgan fingerprint density at radius 3 is 2.39 bits per heavy atom. The Morgan fingerprint density at radius 1 is 1.06 bits per heavy atom. The second kappa shape index (κ2) is 5.67. The van der Waals surface area contributed by atoms with Crippen molar-refractivity contribution >= 4 is 38.1 Å². The summed E-state index contributed by atoms with van der Waals surface area (Å²) in [5.41, 5.74) is 1.65. The van der Waals surface area contributed by atoms with E-state index >= 15 is 0 Å². The number of halogens is 2. The summed E-state index contributed by atoms with van der Waals surface area (Å²) in [7, 11) is 0. The van der Waals surface area contributed by atoms with Crippen molar-refractivity contribution in [2.45, 2.75) is 6.92 Å². The Hall–Kier alpha value is -1.13. The lowest BCUT2D eigenvalue weighted by Crippen LogP contribution is -1.90. The fraction of sp³-hybridized carbons (Fsp3) is 0.0714. The number of ether oxygens (including phenoxy) is 1. The molecule has 0 aliphatic heterocycles. The monoisotopic (exact) mass is 368 g/mol. The smallest absolute Gasteiger partial charge is 0.150 e. The predicted molar refractivity (Wildman–Crippen MR) is 78.5 cm³/mol. The summed E-state index contributed by atoms with van der Waals surface area (Å²) in [6.45, 7) is 1.98. The third-order valence-electron chi connectivity index (χ3n) is 2.45. The fourth-order valence-corrected chi connectivity index (χ4v) is 2.47. The lowest BCUT2D eigenvalue weighted by atomic mass is 10.2. The minimum Gasteiger partial charge on any atom is -0.456 e. The Kier molecular flexibility index (Phi) is 4.19. The van der Waals surface area contributed by atoms with Crippen molar-refractivity contribution in [3.8, 4) is 11.5 Å². The van der Waals surface area contributed by atoms with Gasteiger partial charge in [0.15, 0.2) is 0 Å². The second-order valence-electron chi connectivity index (χ2n) is 3.82.